The number of hydrogen-bond acceptors (Lipinski definition) is 2. The molecule has 2 heterocycles. The zero-order valence-corrected chi connectivity index (χ0v) is 8.50. The molecular formula is C11H20N2. The number of nitrogens with one attached hydrogen (secondary N) is 1. The zero-order valence-electron chi connectivity index (χ0n) is 8.50. The van der Waals surface area contributed by atoms with E-state index in [0.29, 0.717) is 0 Å². The Balaban J connectivity index is 1.58. The summed E-state index contributed by atoms with van der Waals surface area (Å²) in [6.07, 6.45) is 2.93. The van der Waals surface area contributed by atoms with Crippen molar-refractivity contribution in [3.63, 3.8) is 0 Å². The second-order valence-electron chi connectivity index (χ2n) is 5.36. The molecule has 2 heteroatoms. The molecule has 3 aliphatic rings. The van der Waals surface area contributed by atoms with E-state index in [2.05, 4.69) is 17.1 Å². The first-order valence-corrected chi connectivity index (χ1v) is 5.77. The van der Waals surface area contributed by atoms with Crippen molar-refractivity contribution in [1.29, 1.82) is 0 Å². The SMILES string of the molecule is CC1CC(N2CC3CNCC3C2)C1. The predicted molar refractivity (Wildman–Crippen MR) is 53.6 cm³/mol. The van der Waals surface area contributed by atoms with Crippen molar-refractivity contribution < 1.29 is 0 Å². The molecule has 2 aliphatic heterocycles. The molecular weight excluding hydrogens is 160 g/mol. The van der Waals surface area contributed by atoms with Gasteiger partial charge in [0.15, 0.2) is 0 Å². The standard InChI is InChI=1S/C11H20N2/c1-8-2-11(3-8)13-6-9-4-12-5-10(9)7-13/h8-12H,2-7H2,1H3. The minimum absolute atomic E-state index is 0.959. The first kappa shape index (κ1) is 8.25. The molecule has 2 saturated heterocycles. The lowest BCUT2D eigenvalue weighted by atomic mass is 9.81. The van der Waals surface area contributed by atoms with Crippen LogP contribution in [-0.2, 0) is 0 Å². The molecule has 0 aromatic carbocycles. The summed E-state index contributed by atoms with van der Waals surface area (Å²) in [5.74, 6) is 2.97. The average Bonchev–Trinajstić information content (AvgIpc) is 2.55. The monoisotopic (exact) mass is 180 g/mol. The molecule has 74 valence electrons. The number of rotatable bonds is 1. The summed E-state index contributed by atoms with van der Waals surface area (Å²) in [7, 11) is 0. The van der Waals surface area contributed by atoms with Crippen LogP contribution in [-0.4, -0.2) is 37.1 Å². The lowest BCUT2D eigenvalue weighted by Crippen LogP contribution is -2.43. The van der Waals surface area contributed by atoms with Crippen molar-refractivity contribution in [3.05, 3.63) is 0 Å². The molecule has 3 rings (SSSR count). The van der Waals surface area contributed by atoms with Crippen LogP contribution in [0.5, 0.6) is 0 Å². The summed E-state index contributed by atoms with van der Waals surface area (Å²) in [6, 6.07) is 0.959. The molecule has 1 saturated carbocycles. The van der Waals surface area contributed by atoms with E-state index in [1.165, 1.54) is 39.0 Å². The van der Waals surface area contributed by atoms with Gasteiger partial charge in [0.05, 0.1) is 0 Å². The van der Waals surface area contributed by atoms with E-state index >= 15 is 0 Å². The minimum Gasteiger partial charge on any atom is -0.316 e. The van der Waals surface area contributed by atoms with E-state index in [1.54, 1.807) is 0 Å². The minimum atomic E-state index is 0.959. The molecule has 0 bridgehead atoms. The van der Waals surface area contributed by atoms with E-state index in [1.807, 2.05) is 0 Å². The van der Waals surface area contributed by atoms with Crippen LogP contribution in [0.1, 0.15) is 19.8 Å². The summed E-state index contributed by atoms with van der Waals surface area (Å²) in [5, 5.41) is 3.50. The van der Waals surface area contributed by atoms with E-state index in [-0.39, 0.29) is 0 Å². The third kappa shape index (κ3) is 1.31. The molecule has 13 heavy (non-hydrogen) atoms. The molecule has 0 radical (unpaired) electrons. The van der Waals surface area contributed by atoms with Crippen LogP contribution in [0, 0.1) is 17.8 Å². The lowest BCUT2D eigenvalue weighted by Gasteiger charge is -2.40. The molecule has 2 nitrogen and oxygen atoms in total. The second-order valence-corrected chi connectivity index (χ2v) is 5.36. The Morgan fingerprint density at radius 3 is 2.23 bits per heavy atom. The fourth-order valence-electron chi connectivity index (χ4n) is 3.35. The third-order valence-electron chi connectivity index (χ3n) is 4.28. The highest BCUT2D eigenvalue weighted by atomic mass is 15.2. The Morgan fingerprint density at radius 1 is 1.08 bits per heavy atom. The van der Waals surface area contributed by atoms with Crippen molar-refractivity contribution in [3.8, 4) is 0 Å². The van der Waals surface area contributed by atoms with Crippen LogP contribution in [0.4, 0.5) is 0 Å². The fourth-order valence-corrected chi connectivity index (χ4v) is 3.35. The van der Waals surface area contributed by atoms with Gasteiger partial charge in [-0.3, -0.25) is 4.90 Å². The van der Waals surface area contributed by atoms with Crippen molar-refractivity contribution in [2.75, 3.05) is 26.2 Å². The lowest BCUT2D eigenvalue weighted by molar-refractivity contribution is 0.102. The molecule has 0 amide bonds. The van der Waals surface area contributed by atoms with Gasteiger partial charge in [-0.1, -0.05) is 6.92 Å². The Kier molecular flexibility index (Phi) is 1.88. The predicted octanol–water partition coefficient (Wildman–Crippen LogP) is 0.936. The van der Waals surface area contributed by atoms with Gasteiger partial charge in [0.25, 0.3) is 0 Å². The first-order valence-electron chi connectivity index (χ1n) is 5.77. The molecule has 1 N–H and O–H groups in total. The quantitative estimate of drug-likeness (QED) is 0.646. The maximum atomic E-state index is 3.50. The van der Waals surface area contributed by atoms with Crippen LogP contribution >= 0.6 is 0 Å². The van der Waals surface area contributed by atoms with Crippen LogP contribution in [0.15, 0.2) is 0 Å². The van der Waals surface area contributed by atoms with Crippen LogP contribution in [0.2, 0.25) is 0 Å². The Morgan fingerprint density at radius 2 is 1.69 bits per heavy atom. The first-order chi connectivity index (χ1) is 6.33. The smallest absolute Gasteiger partial charge is 0.0101 e. The van der Waals surface area contributed by atoms with Gasteiger partial charge in [-0.25, -0.2) is 0 Å². The molecule has 0 spiro atoms. The van der Waals surface area contributed by atoms with Gasteiger partial charge < -0.3 is 5.32 Å². The Labute approximate surface area is 80.7 Å². The van der Waals surface area contributed by atoms with Crippen LogP contribution < -0.4 is 5.32 Å². The summed E-state index contributed by atoms with van der Waals surface area (Å²) in [5.41, 5.74) is 0. The highest BCUT2D eigenvalue weighted by Crippen LogP contribution is 2.36. The number of likely N-dealkylation sites (tertiary alicyclic amines) is 1. The average molecular weight is 180 g/mol. The van der Waals surface area contributed by atoms with Gasteiger partial charge in [-0.2, -0.15) is 0 Å². The van der Waals surface area contributed by atoms with Crippen LogP contribution in [0.3, 0.4) is 0 Å². The van der Waals surface area contributed by atoms with Crippen molar-refractivity contribution >= 4 is 0 Å². The maximum absolute atomic E-state index is 3.50. The van der Waals surface area contributed by atoms with Crippen molar-refractivity contribution in [2.45, 2.75) is 25.8 Å². The summed E-state index contributed by atoms with van der Waals surface area (Å²) in [4.78, 5) is 2.76. The zero-order chi connectivity index (χ0) is 8.84. The molecule has 3 fully saturated rings. The van der Waals surface area contributed by atoms with Gasteiger partial charge >= 0.3 is 0 Å². The normalized spacial score (nSPS) is 50.5. The van der Waals surface area contributed by atoms with Crippen molar-refractivity contribution in [2.24, 2.45) is 17.8 Å². The van der Waals surface area contributed by atoms with Gasteiger partial charge in [0.2, 0.25) is 0 Å². The highest BCUT2D eigenvalue weighted by Gasteiger charge is 2.41. The van der Waals surface area contributed by atoms with Gasteiger partial charge in [0.1, 0.15) is 0 Å². The van der Waals surface area contributed by atoms with E-state index in [0.717, 1.165) is 23.8 Å². The molecule has 0 aromatic heterocycles. The molecule has 0 aromatic rings. The topological polar surface area (TPSA) is 15.3 Å². The highest BCUT2D eigenvalue weighted by molar-refractivity contribution is 4.96. The summed E-state index contributed by atoms with van der Waals surface area (Å²) >= 11 is 0. The Hall–Kier alpha value is -0.0800. The Bertz CT molecular complexity index is 186. The molecule has 2 unspecified atom stereocenters. The van der Waals surface area contributed by atoms with Crippen molar-refractivity contribution in [1.82, 2.24) is 10.2 Å². The summed E-state index contributed by atoms with van der Waals surface area (Å²) in [6.45, 7) is 7.71. The number of nitrogens with zero attached hydrogens (tertiary/aromatic N) is 1. The van der Waals surface area contributed by atoms with Gasteiger partial charge in [-0.05, 0) is 43.7 Å². The molecule has 2 atom stereocenters. The maximum Gasteiger partial charge on any atom is 0.0101 e. The van der Waals surface area contributed by atoms with E-state index < -0.39 is 0 Å². The van der Waals surface area contributed by atoms with Crippen LogP contribution in [0.25, 0.3) is 0 Å². The van der Waals surface area contributed by atoms with Gasteiger partial charge in [-0.15, -0.1) is 0 Å². The summed E-state index contributed by atoms with van der Waals surface area (Å²) < 4.78 is 0. The number of fused-ring (bicyclic) bond motifs is 1. The fraction of sp³-hybridized carbons (Fsp3) is 1.00. The van der Waals surface area contributed by atoms with E-state index in [4.69, 9.17) is 0 Å². The van der Waals surface area contributed by atoms with Gasteiger partial charge in [0, 0.05) is 19.1 Å². The largest absolute Gasteiger partial charge is 0.316 e. The molecule has 1 aliphatic carbocycles. The third-order valence-corrected chi connectivity index (χ3v) is 4.28. The van der Waals surface area contributed by atoms with E-state index in [9.17, 15) is 0 Å². The number of hydrogen-bond donors (Lipinski definition) is 1. The second kappa shape index (κ2) is 2.96.